The van der Waals surface area contributed by atoms with Crippen molar-refractivity contribution in [1.82, 2.24) is 0 Å². The Morgan fingerprint density at radius 3 is 1.24 bits per heavy atom. The Morgan fingerprint density at radius 1 is 0.618 bits per heavy atom. The van der Waals surface area contributed by atoms with Crippen molar-refractivity contribution in [2.45, 2.75) is 107 Å². The van der Waals surface area contributed by atoms with Gasteiger partial charge in [-0.2, -0.15) is 0 Å². The first-order valence-corrected chi connectivity index (χ1v) is 13.3. The maximum atomic E-state index is 4.72. The van der Waals surface area contributed by atoms with Gasteiger partial charge in [0.1, 0.15) is 0 Å². The fourth-order valence-corrected chi connectivity index (χ4v) is 4.41. The monoisotopic (exact) mass is 462 g/mol. The molecular formula is C32H50N2. The summed E-state index contributed by atoms with van der Waals surface area (Å²) in [7, 11) is 3.78. The van der Waals surface area contributed by atoms with E-state index in [1.165, 1.54) is 83.1 Å². The van der Waals surface area contributed by atoms with E-state index >= 15 is 0 Å². The van der Waals surface area contributed by atoms with Crippen molar-refractivity contribution < 1.29 is 0 Å². The van der Waals surface area contributed by atoms with E-state index in [0.717, 1.165) is 24.3 Å². The van der Waals surface area contributed by atoms with E-state index in [4.69, 9.17) is 9.98 Å². The Balaban J connectivity index is 3.40. The first-order valence-electron chi connectivity index (χ1n) is 13.3. The van der Waals surface area contributed by atoms with Crippen LogP contribution in [0.5, 0.6) is 0 Å². The molecule has 0 bridgehead atoms. The van der Waals surface area contributed by atoms with Gasteiger partial charge in [0.05, 0.1) is 11.4 Å². The minimum absolute atomic E-state index is 0.993. The fraction of sp³-hybridized carbons (Fsp3) is 0.562. The first-order chi connectivity index (χ1) is 16.2. The number of hydrogen-bond acceptors (Lipinski definition) is 2. The van der Waals surface area contributed by atoms with E-state index in [2.05, 4.69) is 79.7 Å². The van der Waals surface area contributed by atoms with Crippen molar-refractivity contribution in [2.75, 3.05) is 14.1 Å². The molecule has 1 aliphatic rings. The third kappa shape index (κ3) is 8.85. The van der Waals surface area contributed by atoms with Gasteiger partial charge in [0, 0.05) is 25.2 Å². The molecule has 0 unspecified atom stereocenters. The summed E-state index contributed by atoms with van der Waals surface area (Å²) in [5.41, 5.74) is 12.6. The van der Waals surface area contributed by atoms with Crippen molar-refractivity contribution in [3.63, 3.8) is 0 Å². The molecule has 0 radical (unpaired) electrons. The van der Waals surface area contributed by atoms with Gasteiger partial charge in [-0.25, -0.2) is 0 Å². The molecule has 0 fully saturated rings. The highest BCUT2D eigenvalue weighted by atomic mass is 14.8. The second-order valence-corrected chi connectivity index (χ2v) is 9.92. The third-order valence-electron chi connectivity index (χ3n) is 6.61. The molecule has 0 atom stereocenters. The smallest absolute Gasteiger partial charge is 0.0903 e. The van der Waals surface area contributed by atoms with Gasteiger partial charge < -0.3 is 0 Å². The molecule has 2 nitrogen and oxygen atoms in total. The average Bonchev–Trinajstić information content (AvgIpc) is 2.81. The van der Waals surface area contributed by atoms with Crippen LogP contribution >= 0.6 is 0 Å². The van der Waals surface area contributed by atoms with Gasteiger partial charge in [-0.15, -0.1) is 0 Å². The summed E-state index contributed by atoms with van der Waals surface area (Å²) in [6, 6.07) is 0. The van der Waals surface area contributed by atoms with E-state index in [9.17, 15) is 0 Å². The molecule has 0 N–H and O–H groups in total. The molecule has 0 heterocycles. The molecule has 0 saturated carbocycles. The Morgan fingerprint density at radius 2 is 0.971 bits per heavy atom. The van der Waals surface area contributed by atoms with Crippen LogP contribution in [0, 0.1) is 0 Å². The summed E-state index contributed by atoms with van der Waals surface area (Å²) in [6.07, 6.45) is 19.0. The van der Waals surface area contributed by atoms with Gasteiger partial charge in [-0.3, -0.25) is 9.98 Å². The molecule has 1 aliphatic carbocycles. The third-order valence-corrected chi connectivity index (χ3v) is 6.61. The van der Waals surface area contributed by atoms with Crippen molar-refractivity contribution in [3.05, 3.63) is 68.9 Å². The minimum atomic E-state index is 0.993. The minimum Gasteiger partial charge on any atom is -0.286 e. The normalized spacial score (nSPS) is 17.1. The van der Waals surface area contributed by atoms with Crippen LogP contribution in [0.1, 0.15) is 107 Å². The lowest BCUT2D eigenvalue weighted by Crippen LogP contribution is -2.23. The first kappa shape index (κ1) is 29.8. The highest BCUT2D eigenvalue weighted by molar-refractivity contribution is 6.56. The summed E-state index contributed by atoms with van der Waals surface area (Å²) >= 11 is 0. The lowest BCUT2D eigenvalue weighted by atomic mass is 9.85. The zero-order chi connectivity index (χ0) is 25.7. The Hall–Kier alpha value is -2.22. The second kappa shape index (κ2) is 15.6. The van der Waals surface area contributed by atoms with Crippen LogP contribution in [0.4, 0.5) is 0 Å². The molecule has 1 rings (SSSR count). The topological polar surface area (TPSA) is 24.7 Å². The molecule has 0 saturated heterocycles. The van der Waals surface area contributed by atoms with E-state index in [0.29, 0.717) is 0 Å². The van der Waals surface area contributed by atoms with Crippen LogP contribution < -0.4 is 0 Å². The van der Waals surface area contributed by atoms with Crippen molar-refractivity contribution in [2.24, 2.45) is 9.98 Å². The van der Waals surface area contributed by atoms with Gasteiger partial charge in [0.25, 0.3) is 0 Å². The van der Waals surface area contributed by atoms with E-state index < -0.39 is 0 Å². The lowest BCUT2D eigenvalue weighted by molar-refractivity contribution is 0.716. The molecule has 0 amide bonds. The Labute approximate surface area is 211 Å². The number of rotatable bonds is 12. The number of allylic oxidation sites excluding steroid dienone is 12. The standard InChI is InChI=1S/C32H50N2/c1-11-13-15-17-27(23(3)4)21-25(7)29-19-20-30(32(34-10)31(29)33-9)26(8)22-28(24(5)6)18-16-14-12-2/h19-22H,11-18H2,1-10H3/b25-21+,26-22+,33-31-,34-32-. The molecule has 0 aromatic rings. The predicted octanol–water partition coefficient (Wildman–Crippen LogP) is 9.72. The van der Waals surface area contributed by atoms with Gasteiger partial charge in [0.2, 0.25) is 0 Å². The quantitative estimate of drug-likeness (QED) is 0.157. The number of unbranched alkanes of at least 4 members (excludes halogenated alkanes) is 4. The summed E-state index contributed by atoms with van der Waals surface area (Å²) < 4.78 is 0. The van der Waals surface area contributed by atoms with E-state index in [-0.39, 0.29) is 0 Å². The van der Waals surface area contributed by atoms with Gasteiger partial charge in [0.15, 0.2) is 0 Å². The van der Waals surface area contributed by atoms with Crippen LogP contribution in [0.25, 0.3) is 0 Å². The van der Waals surface area contributed by atoms with Crippen LogP contribution in [0.2, 0.25) is 0 Å². The molecule has 2 heteroatoms. The molecule has 34 heavy (non-hydrogen) atoms. The zero-order valence-electron chi connectivity index (χ0n) is 23.9. The SMILES string of the molecule is CCCCCC(/C=C(\C)C1=CC=C(/C(C)=C/C(CCCCC)=C(C)C)C(=N/C)/C1=N\C)=C(C)C. The summed E-state index contributed by atoms with van der Waals surface area (Å²) in [5, 5.41) is 0. The van der Waals surface area contributed by atoms with E-state index in [1.54, 1.807) is 0 Å². The Bertz CT molecular complexity index is 853. The molecule has 0 spiro atoms. The summed E-state index contributed by atoms with van der Waals surface area (Å²) in [5.74, 6) is 0. The van der Waals surface area contributed by atoms with Crippen molar-refractivity contribution in [3.8, 4) is 0 Å². The summed E-state index contributed by atoms with van der Waals surface area (Å²) in [6.45, 7) is 17.8. The average molecular weight is 463 g/mol. The van der Waals surface area contributed by atoms with Crippen LogP contribution in [0.15, 0.2) is 78.9 Å². The molecule has 0 aliphatic heterocycles. The molecule has 0 aromatic heterocycles. The molecule has 0 aromatic carbocycles. The van der Waals surface area contributed by atoms with Crippen LogP contribution in [0.3, 0.4) is 0 Å². The van der Waals surface area contributed by atoms with Gasteiger partial charge >= 0.3 is 0 Å². The van der Waals surface area contributed by atoms with Crippen molar-refractivity contribution >= 4 is 11.4 Å². The van der Waals surface area contributed by atoms with Gasteiger partial charge in [-0.1, -0.05) is 75.0 Å². The Kier molecular flexibility index (Phi) is 13.7. The van der Waals surface area contributed by atoms with Crippen molar-refractivity contribution in [1.29, 1.82) is 0 Å². The number of aliphatic imine (C=N–C) groups is 2. The zero-order valence-corrected chi connectivity index (χ0v) is 23.9. The van der Waals surface area contributed by atoms with Crippen LogP contribution in [-0.4, -0.2) is 25.5 Å². The maximum Gasteiger partial charge on any atom is 0.0903 e. The second-order valence-electron chi connectivity index (χ2n) is 9.92. The highest BCUT2D eigenvalue weighted by Gasteiger charge is 2.23. The maximum absolute atomic E-state index is 4.72. The molecular weight excluding hydrogens is 412 g/mol. The number of nitrogens with zero attached hydrogens (tertiary/aromatic N) is 2. The van der Waals surface area contributed by atoms with Gasteiger partial charge in [-0.05, 0) is 89.5 Å². The summed E-state index contributed by atoms with van der Waals surface area (Å²) in [4.78, 5) is 9.44. The largest absolute Gasteiger partial charge is 0.286 e. The number of hydrogen-bond donors (Lipinski definition) is 0. The van der Waals surface area contributed by atoms with E-state index in [1.807, 2.05) is 14.1 Å². The predicted molar refractivity (Wildman–Crippen MR) is 155 cm³/mol. The lowest BCUT2D eigenvalue weighted by Gasteiger charge is -2.21. The molecule has 188 valence electrons. The highest BCUT2D eigenvalue weighted by Crippen LogP contribution is 2.28. The van der Waals surface area contributed by atoms with Crippen LogP contribution in [-0.2, 0) is 0 Å². The fourth-order valence-electron chi connectivity index (χ4n) is 4.41.